The van der Waals surface area contributed by atoms with Crippen molar-refractivity contribution >= 4 is 41.2 Å². The van der Waals surface area contributed by atoms with Crippen LogP contribution < -0.4 is 16.4 Å². The van der Waals surface area contributed by atoms with Gasteiger partial charge in [0.2, 0.25) is 11.8 Å². The van der Waals surface area contributed by atoms with Crippen LogP contribution in [0.1, 0.15) is 22.3 Å². The van der Waals surface area contributed by atoms with Crippen molar-refractivity contribution in [2.75, 3.05) is 11.9 Å². The van der Waals surface area contributed by atoms with Crippen molar-refractivity contribution in [3.63, 3.8) is 0 Å². The Labute approximate surface area is 174 Å². The van der Waals surface area contributed by atoms with E-state index in [4.69, 9.17) is 5.73 Å². The zero-order valence-corrected chi connectivity index (χ0v) is 16.3. The van der Waals surface area contributed by atoms with Crippen LogP contribution in [-0.2, 0) is 9.59 Å². The van der Waals surface area contributed by atoms with Crippen LogP contribution in [0.2, 0.25) is 0 Å². The van der Waals surface area contributed by atoms with Crippen LogP contribution >= 0.6 is 11.8 Å². The van der Waals surface area contributed by atoms with E-state index in [0.29, 0.717) is 5.56 Å². The summed E-state index contributed by atoms with van der Waals surface area (Å²) < 4.78 is 37.0. The minimum absolute atomic E-state index is 0.0106. The van der Waals surface area contributed by atoms with Crippen molar-refractivity contribution in [1.82, 2.24) is 5.32 Å². The van der Waals surface area contributed by atoms with E-state index in [-0.39, 0.29) is 40.9 Å². The molecule has 2 aromatic rings. The van der Waals surface area contributed by atoms with Crippen LogP contribution in [0, 0.1) is 0 Å². The molecule has 4 N–H and O–H groups in total. The number of nitrogens with two attached hydrogens (primary N) is 1. The molecule has 0 atom stereocenters. The second-order valence-electron chi connectivity index (χ2n) is 5.96. The van der Waals surface area contributed by atoms with Crippen molar-refractivity contribution in [3.8, 4) is 0 Å². The molecule has 3 amide bonds. The Bertz CT molecular complexity index is 944. The van der Waals surface area contributed by atoms with Crippen LogP contribution in [0.15, 0.2) is 59.5 Å². The summed E-state index contributed by atoms with van der Waals surface area (Å²) in [5.74, 6) is -1.55. The van der Waals surface area contributed by atoms with Gasteiger partial charge in [0.1, 0.15) is 0 Å². The Morgan fingerprint density at radius 1 is 1.03 bits per heavy atom. The fourth-order valence-electron chi connectivity index (χ4n) is 2.31. The number of benzene rings is 2. The monoisotopic (exact) mass is 437 g/mol. The van der Waals surface area contributed by atoms with E-state index in [0.717, 1.165) is 0 Å². The summed E-state index contributed by atoms with van der Waals surface area (Å²) >= 11 is -0.220. The lowest BCUT2D eigenvalue weighted by Gasteiger charge is -2.10. The van der Waals surface area contributed by atoms with Gasteiger partial charge in [-0.1, -0.05) is 24.3 Å². The van der Waals surface area contributed by atoms with Crippen LogP contribution in [0.5, 0.6) is 0 Å². The van der Waals surface area contributed by atoms with E-state index < -0.39 is 23.2 Å². The Morgan fingerprint density at radius 2 is 1.70 bits per heavy atom. The summed E-state index contributed by atoms with van der Waals surface area (Å²) in [5.41, 5.74) is 1.67. The molecule has 0 aliphatic carbocycles. The molecule has 2 rings (SSSR count). The number of alkyl halides is 3. The number of primary amides is 1. The fraction of sp³-hybridized carbons (Fsp3) is 0.150. The van der Waals surface area contributed by atoms with Gasteiger partial charge < -0.3 is 16.4 Å². The molecule has 158 valence electrons. The summed E-state index contributed by atoms with van der Waals surface area (Å²) in [5, 5.41) is 5.10. The Kier molecular flexibility index (Phi) is 8.05. The average molecular weight is 437 g/mol. The van der Waals surface area contributed by atoms with Crippen molar-refractivity contribution < 1.29 is 27.6 Å². The molecule has 0 spiro atoms. The predicted molar refractivity (Wildman–Crippen MR) is 109 cm³/mol. The first kappa shape index (κ1) is 23.0. The van der Waals surface area contributed by atoms with E-state index in [1.807, 2.05) is 0 Å². The highest BCUT2D eigenvalue weighted by atomic mass is 32.2. The van der Waals surface area contributed by atoms with Gasteiger partial charge in [-0.25, -0.2) is 0 Å². The molecule has 0 bridgehead atoms. The van der Waals surface area contributed by atoms with E-state index in [9.17, 15) is 27.6 Å². The molecule has 0 aliphatic rings. The van der Waals surface area contributed by atoms with Gasteiger partial charge >= 0.3 is 5.51 Å². The van der Waals surface area contributed by atoms with E-state index in [2.05, 4.69) is 10.6 Å². The molecule has 0 radical (unpaired) electrons. The highest BCUT2D eigenvalue weighted by molar-refractivity contribution is 8.00. The Morgan fingerprint density at radius 3 is 2.33 bits per heavy atom. The highest BCUT2D eigenvalue weighted by Gasteiger charge is 2.28. The molecular formula is C20H18F3N3O3S. The number of thioether (sulfide) groups is 1. The molecule has 2 aromatic carbocycles. The molecule has 30 heavy (non-hydrogen) atoms. The lowest BCUT2D eigenvalue weighted by atomic mass is 10.1. The molecule has 6 nitrogen and oxygen atoms in total. The average Bonchev–Trinajstić information content (AvgIpc) is 2.66. The zero-order valence-electron chi connectivity index (χ0n) is 15.5. The first-order valence-electron chi connectivity index (χ1n) is 8.64. The maximum Gasteiger partial charge on any atom is 0.446 e. The minimum atomic E-state index is -4.36. The van der Waals surface area contributed by atoms with Gasteiger partial charge in [0.15, 0.2) is 0 Å². The maximum atomic E-state index is 12.3. The van der Waals surface area contributed by atoms with Crippen molar-refractivity contribution in [1.29, 1.82) is 0 Å². The summed E-state index contributed by atoms with van der Waals surface area (Å²) in [6.45, 7) is 0.0684. The molecule has 0 saturated heterocycles. The summed E-state index contributed by atoms with van der Waals surface area (Å²) in [6, 6.07) is 11.8. The first-order chi connectivity index (χ1) is 14.1. The number of anilines is 1. The third-order valence-corrected chi connectivity index (χ3v) is 4.37. The van der Waals surface area contributed by atoms with Gasteiger partial charge in [0.25, 0.3) is 5.91 Å². The number of amides is 3. The number of nitrogens with one attached hydrogen (secondary N) is 2. The van der Waals surface area contributed by atoms with Gasteiger partial charge in [-0.05, 0) is 47.7 Å². The molecule has 0 unspecified atom stereocenters. The van der Waals surface area contributed by atoms with Crippen molar-refractivity contribution in [2.24, 2.45) is 5.73 Å². The van der Waals surface area contributed by atoms with Crippen LogP contribution in [0.3, 0.4) is 0 Å². The highest BCUT2D eigenvalue weighted by Crippen LogP contribution is 2.36. The lowest BCUT2D eigenvalue weighted by Crippen LogP contribution is -2.28. The van der Waals surface area contributed by atoms with Crippen LogP contribution in [0.4, 0.5) is 18.9 Å². The topological polar surface area (TPSA) is 101 Å². The van der Waals surface area contributed by atoms with Crippen molar-refractivity contribution in [2.45, 2.75) is 16.8 Å². The fourth-order valence-corrected chi connectivity index (χ4v) is 2.85. The van der Waals surface area contributed by atoms with Crippen LogP contribution in [0.25, 0.3) is 6.08 Å². The number of hydrogen-bond donors (Lipinski definition) is 3. The number of rotatable bonds is 8. The largest absolute Gasteiger partial charge is 0.446 e. The van der Waals surface area contributed by atoms with Crippen LogP contribution in [-0.4, -0.2) is 29.8 Å². The molecule has 0 heterocycles. The quantitative estimate of drug-likeness (QED) is 0.434. The third kappa shape index (κ3) is 8.00. The van der Waals surface area contributed by atoms with Gasteiger partial charge in [-0.2, -0.15) is 13.2 Å². The smallest absolute Gasteiger partial charge is 0.370 e. The molecule has 0 saturated carbocycles. The third-order valence-electron chi connectivity index (χ3n) is 3.63. The van der Waals surface area contributed by atoms with Gasteiger partial charge in [0, 0.05) is 23.9 Å². The second-order valence-corrected chi connectivity index (χ2v) is 7.10. The first-order valence-corrected chi connectivity index (χ1v) is 9.46. The maximum absolute atomic E-state index is 12.3. The number of halogens is 3. The van der Waals surface area contributed by atoms with Gasteiger partial charge in [-0.15, -0.1) is 0 Å². The normalized spacial score (nSPS) is 11.3. The molecule has 10 heteroatoms. The second kappa shape index (κ2) is 10.5. The Balaban J connectivity index is 1.99. The summed E-state index contributed by atoms with van der Waals surface area (Å²) in [7, 11) is 0. The van der Waals surface area contributed by atoms with Gasteiger partial charge in [-0.3, -0.25) is 14.4 Å². The Hall–Kier alpha value is -3.27. The SMILES string of the molecule is NC(=O)CCNC(=O)c1ccccc1NC(=O)/C=C/c1ccc(SC(F)(F)F)cc1. The van der Waals surface area contributed by atoms with Crippen molar-refractivity contribution in [3.05, 3.63) is 65.7 Å². The minimum Gasteiger partial charge on any atom is -0.370 e. The lowest BCUT2D eigenvalue weighted by molar-refractivity contribution is -0.118. The summed E-state index contributed by atoms with van der Waals surface area (Å²) in [6.07, 6.45) is 2.63. The zero-order chi connectivity index (χ0) is 22.1. The number of hydrogen-bond acceptors (Lipinski definition) is 4. The molecule has 0 aliphatic heterocycles. The van der Waals surface area contributed by atoms with E-state index in [1.165, 1.54) is 48.6 Å². The van der Waals surface area contributed by atoms with E-state index in [1.54, 1.807) is 12.1 Å². The molecule has 0 fully saturated rings. The number of para-hydroxylation sites is 1. The predicted octanol–water partition coefficient (Wildman–Crippen LogP) is 3.56. The molecular weight excluding hydrogens is 419 g/mol. The summed E-state index contributed by atoms with van der Waals surface area (Å²) in [4.78, 5) is 35.2. The number of carbonyl (C=O) groups is 3. The molecule has 0 aromatic heterocycles. The van der Waals surface area contributed by atoms with Gasteiger partial charge in [0.05, 0.1) is 11.3 Å². The standard InChI is InChI=1S/C20H18F3N3O3S/c21-20(22,23)30-14-8-5-13(6-9-14)7-10-18(28)26-16-4-2-1-3-15(16)19(29)25-12-11-17(24)27/h1-10H,11-12H2,(H2,24,27)(H,25,29)(H,26,28)/b10-7+. The number of carbonyl (C=O) groups excluding carboxylic acids is 3. The van der Waals surface area contributed by atoms with E-state index >= 15 is 0 Å².